The predicted octanol–water partition coefficient (Wildman–Crippen LogP) is 4.17. The second kappa shape index (κ2) is 10.1. The molecule has 0 saturated heterocycles. The number of amides is 1. The van der Waals surface area contributed by atoms with Gasteiger partial charge < -0.3 is 20.1 Å². The second-order valence-electron chi connectivity index (χ2n) is 7.78. The summed E-state index contributed by atoms with van der Waals surface area (Å²) in [6, 6.07) is 7.50. The summed E-state index contributed by atoms with van der Waals surface area (Å²) < 4.78 is 51.9. The molecule has 0 unspecified atom stereocenters. The third-order valence-electron chi connectivity index (χ3n) is 5.29. The third kappa shape index (κ3) is 5.44. The molecule has 2 N–H and O–H groups in total. The molecule has 1 amide bonds. The number of methoxy groups -OCH3 is 2. The van der Waals surface area contributed by atoms with E-state index >= 15 is 0 Å². The first-order valence-electron chi connectivity index (χ1n) is 10.8. The fourth-order valence-electron chi connectivity index (χ4n) is 3.49. The summed E-state index contributed by atoms with van der Waals surface area (Å²) >= 11 is 0. The van der Waals surface area contributed by atoms with Gasteiger partial charge in [-0.15, -0.1) is 0 Å². The molecule has 0 aliphatic rings. The number of nitrogens with zero attached hydrogens (tertiary/aromatic N) is 5. The fraction of sp³-hybridized carbons (Fsp3) is 0.208. The number of rotatable bonds is 7. The molecule has 0 fully saturated rings. The van der Waals surface area contributed by atoms with Crippen LogP contribution in [-0.2, 0) is 6.18 Å². The predicted molar refractivity (Wildman–Crippen MR) is 128 cm³/mol. The minimum Gasteiger partial charge on any atom is -0.497 e. The number of aryl methyl sites for hydroxylation is 1. The van der Waals surface area contributed by atoms with Crippen LogP contribution >= 0.6 is 0 Å². The molecule has 0 aliphatic carbocycles. The highest BCUT2D eigenvalue weighted by Crippen LogP contribution is 2.33. The van der Waals surface area contributed by atoms with Gasteiger partial charge in [0.05, 0.1) is 19.8 Å². The van der Waals surface area contributed by atoms with Crippen LogP contribution in [0.5, 0.6) is 11.5 Å². The Morgan fingerprint density at radius 1 is 1.00 bits per heavy atom. The number of carbonyl (C=O) groups excluding carboxylic acids is 1. The van der Waals surface area contributed by atoms with Crippen molar-refractivity contribution in [3.63, 3.8) is 0 Å². The van der Waals surface area contributed by atoms with Crippen molar-refractivity contribution in [1.29, 1.82) is 0 Å². The van der Waals surface area contributed by atoms with E-state index in [4.69, 9.17) is 9.47 Å². The minimum absolute atomic E-state index is 0.0521. The Morgan fingerprint density at radius 2 is 1.70 bits per heavy atom. The lowest BCUT2D eigenvalue weighted by Crippen LogP contribution is -2.18. The van der Waals surface area contributed by atoms with Crippen LogP contribution < -0.4 is 20.1 Å². The zero-order valence-corrected chi connectivity index (χ0v) is 20.2. The van der Waals surface area contributed by atoms with Gasteiger partial charge in [-0.1, -0.05) is 0 Å². The van der Waals surface area contributed by atoms with E-state index in [1.165, 1.54) is 52.8 Å². The molecule has 0 spiro atoms. The van der Waals surface area contributed by atoms with Gasteiger partial charge in [0, 0.05) is 66.3 Å². The summed E-state index contributed by atoms with van der Waals surface area (Å²) in [5, 5.41) is 9.27. The van der Waals surface area contributed by atoms with Gasteiger partial charge in [-0.25, -0.2) is 9.67 Å². The van der Waals surface area contributed by atoms with E-state index in [2.05, 4.69) is 30.7 Å². The highest BCUT2D eigenvalue weighted by molar-refractivity contribution is 5.95. The standard InChI is InChI=1S/C24H22F3N7O3/c1-13-5-20(24(25,26)27)33-34(13)21-19(14-6-15(11-29-10-14)22(35)28-2)12-30-23(32-21)31-16-7-17(36-3)9-18(8-16)37-4/h5-12H,1-4H3,(H,28,35)(H,30,31,32). The Balaban J connectivity index is 1.86. The van der Waals surface area contributed by atoms with Crippen molar-refractivity contribution in [1.82, 2.24) is 30.0 Å². The van der Waals surface area contributed by atoms with E-state index in [0.29, 0.717) is 28.3 Å². The molecule has 1 aromatic carbocycles. The number of hydrogen-bond acceptors (Lipinski definition) is 8. The lowest BCUT2D eigenvalue weighted by atomic mass is 10.1. The lowest BCUT2D eigenvalue weighted by molar-refractivity contribution is -0.141. The number of pyridine rings is 1. The van der Waals surface area contributed by atoms with Crippen LogP contribution in [0.3, 0.4) is 0 Å². The number of halogens is 3. The molecule has 192 valence electrons. The average molecular weight is 513 g/mol. The summed E-state index contributed by atoms with van der Waals surface area (Å²) in [4.78, 5) is 25.0. The summed E-state index contributed by atoms with van der Waals surface area (Å²) in [6.07, 6.45) is -0.405. The van der Waals surface area contributed by atoms with Gasteiger partial charge in [-0.2, -0.15) is 23.3 Å². The van der Waals surface area contributed by atoms with E-state index in [1.807, 2.05) is 0 Å². The number of hydrogen-bond donors (Lipinski definition) is 2. The molecular weight excluding hydrogens is 491 g/mol. The largest absolute Gasteiger partial charge is 0.497 e. The molecule has 0 bridgehead atoms. The van der Waals surface area contributed by atoms with E-state index < -0.39 is 11.9 Å². The smallest absolute Gasteiger partial charge is 0.435 e. The summed E-state index contributed by atoms with van der Waals surface area (Å²) in [7, 11) is 4.48. The highest BCUT2D eigenvalue weighted by atomic mass is 19.4. The molecule has 0 aliphatic heterocycles. The van der Waals surface area contributed by atoms with E-state index in [1.54, 1.807) is 18.2 Å². The van der Waals surface area contributed by atoms with Crippen molar-refractivity contribution in [2.75, 3.05) is 26.6 Å². The number of ether oxygens (including phenoxy) is 2. The van der Waals surface area contributed by atoms with Crippen molar-refractivity contribution in [2.24, 2.45) is 0 Å². The maximum absolute atomic E-state index is 13.4. The Morgan fingerprint density at radius 3 is 2.30 bits per heavy atom. The van der Waals surface area contributed by atoms with Gasteiger partial charge in [-0.05, 0) is 19.1 Å². The summed E-state index contributed by atoms with van der Waals surface area (Å²) in [6.45, 7) is 1.48. The Kier molecular flexibility index (Phi) is 6.96. The minimum atomic E-state index is -4.65. The topological polar surface area (TPSA) is 116 Å². The van der Waals surface area contributed by atoms with Crippen LogP contribution in [0.15, 0.2) is 48.9 Å². The average Bonchev–Trinajstić information content (AvgIpc) is 3.30. The number of nitrogens with one attached hydrogen (secondary N) is 2. The molecule has 37 heavy (non-hydrogen) atoms. The molecule has 4 rings (SSSR count). The summed E-state index contributed by atoms with van der Waals surface area (Å²) in [5.41, 5.74) is 0.618. The van der Waals surface area contributed by atoms with Gasteiger partial charge in [0.15, 0.2) is 11.5 Å². The Bertz CT molecular complexity index is 1430. The van der Waals surface area contributed by atoms with E-state index in [-0.39, 0.29) is 28.9 Å². The van der Waals surface area contributed by atoms with Crippen molar-refractivity contribution in [3.05, 3.63) is 65.9 Å². The maximum atomic E-state index is 13.4. The number of anilines is 2. The van der Waals surface area contributed by atoms with Gasteiger partial charge >= 0.3 is 6.18 Å². The van der Waals surface area contributed by atoms with Crippen LogP contribution in [0.2, 0.25) is 0 Å². The molecule has 0 saturated carbocycles. The van der Waals surface area contributed by atoms with E-state index in [0.717, 1.165) is 10.7 Å². The molecule has 10 nitrogen and oxygen atoms in total. The first-order chi connectivity index (χ1) is 17.6. The molecule has 0 atom stereocenters. The van der Waals surface area contributed by atoms with Crippen molar-refractivity contribution < 1.29 is 27.4 Å². The fourth-order valence-corrected chi connectivity index (χ4v) is 3.49. The molecule has 4 aromatic rings. The van der Waals surface area contributed by atoms with Crippen LogP contribution in [0.1, 0.15) is 21.7 Å². The molecular formula is C24H22F3N7O3. The van der Waals surface area contributed by atoms with Crippen LogP contribution in [-0.4, -0.2) is 51.9 Å². The Hall–Kier alpha value is -4.68. The molecule has 3 heterocycles. The highest BCUT2D eigenvalue weighted by Gasteiger charge is 2.35. The first-order valence-corrected chi connectivity index (χ1v) is 10.8. The van der Waals surface area contributed by atoms with E-state index in [9.17, 15) is 18.0 Å². The maximum Gasteiger partial charge on any atom is 0.435 e. The monoisotopic (exact) mass is 513 g/mol. The zero-order valence-electron chi connectivity index (χ0n) is 20.2. The second-order valence-corrected chi connectivity index (χ2v) is 7.78. The molecule has 13 heteroatoms. The Labute approximate surface area is 209 Å². The molecule has 3 aromatic heterocycles. The van der Waals surface area contributed by atoms with Crippen LogP contribution in [0.25, 0.3) is 16.9 Å². The third-order valence-corrected chi connectivity index (χ3v) is 5.29. The number of alkyl halides is 3. The van der Waals surface area contributed by atoms with Gasteiger partial charge in [0.2, 0.25) is 5.95 Å². The lowest BCUT2D eigenvalue weighted by Gasteiger charge is -2.14. The van der Waals surface area contributed by atoms with Crippen molar-refractivity contribution in [3.8, 4) is 28.4 Å². The van der Waals surface area contributed by atoms with Gasteiger partial charge in [0.25, 0.3) is 5.91 Å². The molecule has 0 radical (unpaired) electrons. The first kappa shape index (κ1) is 25.4. The SMILES string of the molecule is CNC(=O)c1cncc(-c2cnc(Nc3cc(OC)cc(OC)c3)nc2-n2nc(C(F)(F)F)cc2C)c1. The van der Waals surface area contributed by atoms with Gasteiger partial charge in [-0.3, -0.25) is 9.78 Å². The normalized spacial score (nSPS) is 11.2. The van der Waals surface area contributed by atoms with Crippen LogP contribution in [0.4, 0.5) is 24.8 Å². The number of carbonyl (C=O) groups is 1. The van der Waals surface area contributed by atoms with Crippen LogP contribution in [0, 0.1) is 6.92 Å². The number of benzene rings is 1. The van der Waals surface area contributed by atoms with Crippen molar-refractivity contribution in [2.45, 2.75) is 13.1 Å². The quantitative estimate of drug-likeness (QED) is 0.378. The van der Waals surface area contributed by atoms with Crippen molar-refractivity contribution >= 4 is 17.5 Å². The summed E-state index contributed by atoms with van der Waals surface area (Å²) in [5.74, 6) is 0.767. The van der Waals surface area contributed by atoms with Gasteiger partial charge in [0.1, 0.15) is 11.5 Å². The number of aromatic nitrogens is 5. The zero-order chi connectivity index (χ0) is 26.7.